The lowest BCUT2D eigenvalue weighted by atomic mass is 9.63. The van der Waals surface area contributed by atoms with E-state index in [1.165, 1.54) is 41.2 Å². The molecule has 3 rings (SSSR count). The summed E-state index contributed by atoms with van der Waals surface area (Å²) in [6.07, 6.45) is 5.28. The van der Waals surface area contributed by atoms with Crippen molar-refractivity contribution in [3.05, 3.63) is 71.8 Å². The minimum atomic E-state index is 0.241. The van der Waals surface area contributed by atoms with E-state index >= 15 is 0 Å². The van der Waals surface area contributed by atoms with Gasteiger partial charge in [0.15, 0.2) is 0 Å². The second kappa shape index (κ2) is 6.30. The van der Waals surface area contributed by atoms with Crippen LogP contribution < -0.4 is 0 Å². The summed E-state index contributed by atoms with van der Waals surface area (Å²) in [4.78, 5) is 0. The fourth-order valence-electron chi connectivity index (χ4n) is 3.58. The van der Waals surface area contributed by atoms with Crippen molar-refractivity contribution in [2.45, 2.75) is 31.1 Å². The lowest BCUT2D eigenvalue weighted by Crippen LogP contribution is -2.33. The minimum Gasteiger partial charge on any atom is -0.0861 e. The highest BCUT2D eigenvalue weighted by Gasteiger charge is 2.37. The van der Waals surface area contributed by atoms with E-state index in [-0.39, 0.29) is 5.41 Å². The van der Waals surface area contributed by atoms with Gasteiger partial charge in [-0.2, -0.15) is 0 Å². The van der Waals surface area contributed by atoms with Crippen LogP contribution in [0.15, 0.2) is 60.7 Å². The molecule has 0 atom stereocenters. The first-order chi connectivity index (χ1) is 9.85. The summed E-state index contributed by atoms with van der Waals surface area (Å²) < 4.78 is 1.30. The van der Waals surface area contributed by atoms with Crippen molar-refractivity contribution in [2.24, 2.45) is 5.92 Å². The first-order valence-electron chi connectivity index (χ1n) is 7.52. The molecule has 0 aliphatic heterocycles. The molecule has 1 saturated carbocycles. The maximum Gasteiger partial charge on any atom is 0.0203 e. The maximum absolute atomic E-state index is 2.55. The standard InChI is InChI=1S/C19H21I/c20-15-16-11-13-19(14-12-16,17-7-3-1-4-8-17)18-9-5-2-6-10-18/h1-10,16H,11-15H2. The van der Waals surface area contributed by atoms with Gasteiger partial charge in [0.05, 0.1) is 0 Å². The quantitative estimate of drug-likeness (QED) is 0.483. The molecule has 0 nitrogen and oxygen atoms in total. The normalized spacial score (nSPS) is 18.9. The SMILES string of the molecule is ICC1CCC(c2ccccc2)(c2ccccc2)CC1. The van der Waals surface area contributed by atoms with Crippen LogP contribution in [0.4, 0.5) is 0 Å². The van der Waals surface area contributed by atoms with Crippen molar-refractivity contribution in [3.63, 3.8) is 0 Å². The first kappa shape index (κ1) is 14.1. The summed E-state index contributed by atoms with van der Waals surface area (Å²) in [5.74, 6) is 0.913. The molecule has 0 bridgehead atoms. The summed E-state index contributed by atoms with van der Waals surface area (Å²) in [5.41, 5.74) is 3.24. The molecule has 0 N–H and O–H groups in total. The third kappa shape index (κ3) is 2.65. The molecule has 2 aromatic rings. The van der Waals surface area contributed by atoms with Crippen LogP contribution in [0.3, 0.4) is 0 Å². The topological polar surface area (TPSA) is 0 Å². The van der Waals surface area contributed by atoms with Gasteiger partial charge < -0.3 is 0 Å². The summed E-state index contributed by atoms with van der Waals surface area (Å²) in [7, 11) is 0. The Bertz CT molecular complexity index is 483. The van der Waals surface area contributed by atoms with Crippen LogP contribution in [0.25, 0.3) is 0 Å². The lowest BCUT2D eigenvalue weighted by molar-refractivity contribution is 0.286. The fraction of sp³-hybridized carbons (Fsp3) is 0.368. The van der Waals surface area contributed by atoms with Crippen molar-refractivity contribution in [2.75, 3.05) is 4.43 Å². The Balaban J connectivity index is 2.01. The van der Waals surface area contributed by atoms with Crippen molar-refractivity contribution in [3.8, 4) is 0 Å². The molecule has 0 radical (unpaired) electrons. The highest BCUT2D eigenvalue weighted by Crippen LogP contribution is 2.46. The molecule has 0 heterocycles. The number of halogens is 1. The molecule has 104 valence electrons. The molecule has 0 unspecified atom stereocenters. The van der Waals surface area contributed by atoms with E-state index in [1.54, 1.807) is 0 Å². The minimum absolute atomic E-state index is 0.241. The highest BCUT2D eigenvalue weighted by atomic mass is 127. The molecule has 0 amide bonds. The van der Waals surface area contributed by atoms with Crippen molar-refractivity contribution < 1.29 is 0 Å². The number of hydrogen-bond acceptors (Lipinski definition) is 0. The predicted octanol–water partition coefficient (Wildman–Crippen LogP) is 5.60. The number of alkyl halides is 1. The van der Waals surface area contributed by atoms with E-state index in [0.717, 1.165) is 5.92 Å². The van der Waals surface area contributed by atoms with E-state index in [2.05, 4.69) is 83.3 Å². The Morgan fingerprint density at radius 1 is 0.800 bits per heavy atom. The summed E-state index contributed by atoms with van der Waals surface area (Å²) in [6, 6.07) is 22.3. The van der Waals surface area contributed by atoms with Gasteiger partial charge in [0.25, 0.3) is 0 Å². The molecule has 0 spiro atoms. The zero-order chi connectivity index (χ0) is 13.8. The number of hydrogen-bond donors (Lipinski definition) is 0. The molecule has 0 aromatic heterocycles. The van der Waals surface area contributed by atoms with E-state index in [0.29, 0.717) is 0 Å². The fourth-order valence-corrected chi connectivity index (χ4v) is 4.46. The van der Waals surface area contributed by atoms with E-state index < -0.39 is 0 Å². The Kier molecular flexibility index (Phi) is 4.45. The molecular formula is C19H21I. The van der Waals surface area contributed by atoms with Gasteiger partial charge in [0.2, 0.25) is 0 Å². The largest absolute Gasteiger partial charge is 0.0861 e. The van der Waals surface area contributed by atoms with Crippen molar-refractivity contribution >= 4 is 22.6 Å². The Morgan fingerprint density at radius 2 is 1.25 bits per heavy atom. The van der Waals surface area contributed by atoms with E-state index in [1.807, 2.05) is 0 Å². The van der Waals surface area contributed by atoms with Crippen LogP contribution in [0.1, 0.15) is 36.8 Å². The molecular weight excluding hydrogens is 355 g/mol. The van der Waals surface area contributed by atoms with E-state index in [9.17, 15) is 0 Å². The molecule has 2 aromatic carbocycles. The maximum atomic E-state index is 2.55. The summed E-state index contributed by atoms with van der Waals surface area (Å²) in [6.45, 7) is 0. The molecule has 0 saturated heterocycles. The number of benzene rings is 2. The second-order valence-electron chi connectivity index (χ2n) is 5.91. The van der Waals surface area contributed by atoms with Gasteiger partial charge in [-0.05, 0) is 42.7 Å². The Morgan fingerprint density at radius 3 is 1.65 bits per heavy atom. The Hall–Kier alpha value is -0.830. The number of rotatable bonds is 3. The van der Waals surface area contributed by atoms with Crippen molar-refractivity contribution in [1.29, 1.82) is 0 Å². The zero-order valence-electron chi connectivity index (χ0n) is 11.8. The average molecular weight is 376 g/mol. The molecule has 20 heavy (non-hydrogen) atoms. The highest BCUT2D eigenvalue weighted by molar-refractivity contribution is 14.1. The molecule has 1 aliphatic carbocycles. The van der Waals surface area contributed by atoms with Gasteiger partial charge in [-0.3, -0.25) is 0 Å². The van der Waals surface area contributed by atoms with Crippen molar-refractivity contribution in [1.82, 2.24) is 0 Å². The van der Waals surface area contributed by atoms with Crippen LogP contribution in [0, 0.1) is 5.92 Å². The summed E-state index contributed by atoms with van der Waals surface area (Å²) >= 11 is 2.55. The first-order valence-corrected chi connectivity index (χ1v) is 9.05. The summed E-state index contributed by atoms with van der Waals surface area (Å²) in [5, 5.41) is 0. The monoisotopic (exact) mass is 376 g/mol. The van der Waals surface area contributed by atoms with Gasteiger partial charge in [0.1, 0.15) is 0 Å². The third-order valence-corrected chi connectivity index (χ3v) is 6.08. The zero-order valence-corrected chi connectivity index (χ0v) is 13.9. The van der Waals surface area contributed by atoms with Crippen LogP contribution in [-0.4, -0.2) is 4.43 Å². The Labute approximate surface area is 135 Å². The van der Waals surface area contributed by atoms with Gasteiger partial charge >= 0.3 is 0 Å². The second-order valence-corrected chi connectivity index (χ2v) is 6.79. The third-order valence-electron chi connectivity index (χ3n) is 4.83. The average Bonchev–Trinajstić information content (AvgIpc) is 2.56. The molecule has 1 aliphatic rings. The molecule has 1 heteroatoms. The van der Waals surface area contributed by atoms with Crippen LogP contribution >= 0.6 is 22.6 Å². The van der Waals surface area contributed by atoms with Gasteiger partial charge in [-0.1, -0.05) is 83.3 Å². The predicted molar refractivity (Wildman–Crippen MR) is 94.5 cm³/mol. The lowest BCUT2D eigenvalue weighted by Gasteiger charge is -2.41. The van der Waals surface area contributed by atoms with Crippen LogP contribution in [-0.2, 0) is 5.41 Å². The van der Waals surface area contributed by atoms with E-state index in [4.69, 9.17) is 0 Å². The van der Waals surface area contributed by atoms with Gasteiger partial charge in [-0.25, -0.2) is 0 Å². The van der Waals surface area contributed by atoms with Crippen LogP contribution in [0.2, 0.25) is 0 Å². The smallest absolute Gasteiger partial charge is 0.0203 e. The van der Waals surface area contributed by atoms with Gasteiger partial charge in [0, 0.05) is 9.84 Å². The molecule has 1 fully saturated rings. The van der Waals surface area contributed by atoms with Gasteiger partial charge in [-0.15, -0.1) is 0 Å². The van der Waals surface area contributed by atoms with Crippen LogP contribution in [0.5, 0.6) is 0 Å².